The standard InChI is InChI=1S/C13H17FN2O5/c1-8(7-13(2,15-3)12(17)18)21-11-6-9(14)4-5-10(11)16(19)20/h4-6,8,15H,7H2,1-3H3,(H,17,18). The zero-order valence-electron chi connectivity index (χ0n) is 11.9. The molecule has 0 aliphatic heterocycles. The number of carboxylic acids is 1. The van der Waals surface area contributed by atoms with Gasteiger partial charge in [-0.15, -0.1) is 0 Å². The van der Waals surface area contributed by atoms with Crippen LogP contribution in [-0.4, -0.2) is 34.7 Å². The highest BCUT2D eigenvalue weighted by Crippen LogP contribution is 2.29. The first-order chi connectivity index (χ1) is 9.69. The highest BCUT2D eigenvalue weighted by Gasteiger charge is 2.34. The van der Waals surface area contributed by atoms with Gasteiger partial charge in [0.05, 0.1) is 11.0 Å². The van der Waals surface area contributed by atoms with Gasteiger partial charge in [-0.1, -0.05) is 0 Å². The van der Waals surface area contributed by atoms with E-state index in [0.29, 0.717) is 0 Å². The van der Waals surface area contributed by atoms with Gasteiger partial charge in [-0.3, -0.25) is 14.9 Å². The lowest BCUT2D eigenvalue weighted by Crippen LogP contribution is -2.50. The van der Waals surface area contributed by atoms with Crippen molar-refractivity contribution in [3.63, 3.8) is 0 Å². The van der Waals surface area contributed by atoms with Gasteiger partial charge < -0.3 is 15.2 Å². The summed E-state index contributed by atoms with van der Waals surface area (Å²) < 4.78 is 18.5. The zero-order chi connectivity index (χ0) is 16.2. The molecule has 2 atom stereocenters. The van der Waals surface area contributed by atoms with Gasteiger partial charge in [0.1, 0.15) is 11.4 Å². The van der Waals surface area contributed by atoms with Gasteiger partial charge in [-0.2, -0.15) is 0 Å². The molecule has 0 heterocycles. The highest BCUT2D eigenvalue weighted by atomic mass is 19.1. The summed E-state index contributed by atoms with van der Waals surface area (Å²) in [5.74, 6) is -1.97. The topological polar surface area (TPSA) is 102 Å². The molecule has 0 saturated heterocycles. The van der Waals surface area contributed by atoms with Crippen LogP contribution in [0.1, 0.15) is 20.3 Å². The number of hydrogen-bond acceptors (Lipinski definition) is 5. The lowest BCUT2D eigenvalue weighted by molar-refractivity contribution is -0.386. The summed E-state index contributed by atoms with van der Waals surface area (Å²) in [5.41, 5.74) is -1.62. The number of halogens is 1. The fourth-order valence-corrected chi connectivity index (χ4v) is 1.86. The molecule has 0 aliphatic carbocycles. The average Bonchev–Trinajstić information content (AvgIpc) is 2.37. The molecule has 0 bridgehead atoms. The Kier molecular flexibility index (Phi) is 5.20. The van der Waals surface area contributed by atoms with Crippen LogP contribution in [0.15, 0.2) is 18.2 Å². The maximum atomic E-state index is 13.2. The van der Waals surface area contributed by atoms with Gasteiger partial charge in [0.15, 0.2) is 5.75 Å². The summed E-state index contributed by atoms with van der Waals surface area (Å²) in [6.07, 6.45) is -0.619. The number of carboxylic acid groups (broad SMARTS) is 1. The quantitative estimate of drug-likeness (QED) is 0.589. The molecular weight excluding hydrogens is 283 g/mol. The van der Waals surface area contributed by atoms with Gasteiger partial charge in [0, 0.05) is 18.6 Å². The summed E-state index contributed by atoms with van der Waals surface area (Å²) in [6, 6.07) is 2.88. The predicted octanol–water partition coefficient (Wildman–Crippen LogP) is 1.95. The molecule has 8 heteroatoms. The second-order valence-corrected chi connectivity index (χ2v) is 4.89. The van der Waals surface area contributed by atoms with Gasteiger partial charge in [-0.05, 0) is 27.0 Å². The minimum absolute atomic E-state index is 0.0481. The first-order valence-corrected chi connectivity index (χ1v) is 6.22. The van der Waals surface area contributed by atoms with E-state index >= 15 is 0 Å². The number of nitrogens with one attached hydrogen (secondary N) is 1. The molecule has 1 aromatic carbocycles. The number of aliphatic carboxylic acids is 1. The van der Waals surface area contributed by atoms with Crippen molar-refractivity contribution in [1.82, 2.24) is 5.32 Å². The second kappa shape index (κ2) is 6.49. The summed E-state index contributed by atoms with van der Waals surface area (Å²) >= 11 is 0. The van der Waals surface area contributed by atoms with Crippen LogP contribution in [0.5, 0.6) is 5.75 Å². The van der Waals surface area contributed by atoms with Crippen LogP contribution < -0.4 is 10.1 Å². The molecule has 1 aromatic rings. The number of nitro benzene ring substituents is 1. The minimum atomic E-state index is -1.25. The Labute approximate surface area is 120 Å². The molecule has 2 unspecified atom stereocenters. The third-order valence-electron chi connectivity index (χ3n) is 3.17. The molecule has 0 amide bonds. The molecule has 0 saturated carbocycles. The highest BCUT2D eigenvalue weighted by molar-refractivity contribution is 5.78. The molecule has 0 spiro atoms. The Balaban J connectivity index is 2.93. The average molecular weight is 300 g/mol. The lowest BCUT2D eigenvalue weighted by atomic mass is 9.95. The molecule has 0 aliphatic rings. The van der Waals surface area contributed by atoms with Crippen molar-refractivity contribution in [2.75, 3.05) is 7.05 Å². The Bertz CT molecular complexity index is 551. The maximum absolute atomic E-state index is 13.2. The Morgan fingerprint density at radius 2 is 2.24 bits per heavy atom. The number of benzene rings is 1. The van der Waals surface area contributed by atoms with Crippen LogP contribution in [0, 0.1) is 15.9 Å². The fraction of sp³-hybridized carbons (Fsp3) is 0.462. The van der Waals surface area contributed by atoms with E-state index in [0.717, 1.165) is 18.2 Å². The SMILES string of the molecule is CNC(C)(CC(C)Oc1cc(F)ccc1[N+](=O)[O-])C(=O)O. The van der Waals surface area contributed by atoms with Crippen molar-refractivity contribution in [2.45, 2.75) is 31.9 Å². The third-order valence-corrected chi connectivity index (χ3v) is 3.17. The lowest BCUT2D eigenvalue weighted by Gasteiger charge is -2.27. The van der Waals surface area contributed by atoms with Crippen molar-refractivity contribution < 1.29 is 24.0 Å². The molecule has 7 nitrogen and oxygen atoms in total. The number of ether oxygens (including phenoxy) is 1. The first kappa shape index (κ1) is 16.8. The number of likely N-dealkylation sites (N-methyl/N-ethyl adjacent to an activating group) is 1. The van der Waals surface area contributed by atoms with Gasteiger partial charge >= 0.3 is 11.7 Å². The summed E-state index contributed by atoms with van der Waals surface area (Å²) in [5, 5.41) is 22.7. The van der Waals surface area contributed by atoms with E-state index in [1.807, 2.05) is 0 Å². The first-order valence-electron chi connectivity index (χ1n) is 6.22. The van der Waals surface area contributed by atoms with Crippen molar-refractivity contribution in [1.29, 1.82) is 0 Å². The van der Waals surface area contributed by atoms with E-state index in [1.54, 1.807) is 6.92 Å². The van der Waals surface area contributed by atoms with E-state index in [2.05, 4.69) is 5.32 Å². The van der Waals surface area contributed by atoms with Crippen molar-refractivity contribution in [3.8, 4) is 5.75 Å². The Hall–Kier alpha value is -2.22. The zero-order valence-corrected chi connectivity index (χ0v) is 11.9. The van der Waals surface area contributed by atoms with E-state index < -0.39 is 28.4 Å². The largest absolute Gasteiger partial charge is 0.484 e. The van der Waals surface area contributed by atoms with Crippen molar-refractivity contribution in [2.24, 2.45) is 0 Å². The van der Waals surface area contributed by atoms with E-state index in [4.69, 9.17) is 9.84 Å². The van der Waals surface area contributed by atoms with Crippen LogP contribution in [0.3, 0.4) is 0 Å². The number of nitro groups is 1. The maximum Gasteiger partial charge on any atom is 0.323 e. The third kappa shape index (κ3) is 4.12. The molecule has 0 aromatic heterocycles. The number of hydrogen-bond donors (Lipinski definition) is 2. The number of nitrogens with zero attached hydrogens (tertiary/aromatic N) is 1. The van der Waals surface area contributed by atoms with Gasteiger partial charge in [-0.25, -0.2) is 4.39 Å². The van der Waals surface area contributed by atoms with Crippen LogP contribution >= 0.6 is 0 Å². The molecule has 0 radical (unpaired) electrons. The van der Waals surface area contributed by atoms with E-state index in [9.17, 15) is 19.3 Å². The summed E-state index contributed by atoms with van der Waals surface area (Å²) in [4.78, 5) is 21.4. The Morgan fingerprint density at radius 1 is 1.62 bits per heavy atom. The Morgan fingerprint density at radius 3 is 2.71 bits per heavy atom. The van der Waals surface area contributed by atoms with E-state index in [-0.39, 0.29) is 17.9 Å². The number of rotatable bonds is 7. The molecule has 1 rings (SSSR count). The van der Waals surface area contributed by atoms with Gasteiger partial charge in [0.25, 0.3) is 0 Å². The van der Waals surface area contributed by atoms with Crippen molar-refractivity contribution in [3.05, 3.63) is 34.1 Å². The van der Waals surface area contributed by atoms with Crippen LogP contribution in [0.4, 0.5) is 10.1 Å². The van der Waals surface area contributed by atoms with Gasteiger partial charge in [0.2, 0.25) is 0 Å². The molecule has 21 heavy (non-hydrogen) atoms. The normalized spacial score (nSPS) is 15.0. The second-order valence-electron chi connectivity index (χ2n) is 4.89. The summed E-state index contributed by atoms with van der Waals surface area (Å²) in [6.45, 7) is 3.03. The van der Waals surface area contributed by atoms with E-state index in [1.165, 1.54) is 14.0 Å². The van der Waals surface area contributed by atoms with Crippen LogP contribution in [0.25, 0.3) is 0 Å². The summed E-state index contributed by atoms with van der Waals surface area (Å²) in [7, 11) is 1.49. The smallest absolute Gasteiger partial charge is 0.323 e. The van der Waals surface area contributed by atoms with Crippen LogP contribution in [0.2, 0.25) is 0 Å². The fourth-order valence-electron chi connectivity index (χ4n) is 1.86. The predicted molar refractivity (Wildman–Crippen MR) is 72.9 cm³/mol. The monoisotopic (exact) mass is 300 g/mol. The van der Waals surface area contributed by atoms with Crippen LogP contribution in [-0.2, 0) is 4.79 Å². The minimum Gasteiger partial charge on any atom is -0.484 e. The molecular formula is C13H17FN2O5. The molecule has 116 valence electrons. The number of carbonyl (C=O) groups is 1. The molecule has 2 N–H and O–H groups in total. The molecule has 0 fully saturated rings. The van der Waals surface area contributed by atoms with Crippen molar-refractivity contribution >= 4 is 11.7 Å².